The van der Waals surface area contributed by atoms with Gasteiger partial charge in [0.2, 0.25) is 0 Å². The smallest absolute Gasteiger partial charge is 0.107 e. The van der Waals surface area contributed by atoms with Crippen molar-refractivity contribution in [2.24, 2.45) is 0 Å². The monoisotopic (exact) mass is 163 g/mol. The highest BCUT2D eigenvalue weighted by Gasteiger charge is 2.24. The summed E-state index contributed by atoms with van der Waals surface area (Å²) in [6.45, 7) is 8.59. The van der Waals surface area contributed by atoms with E-state index in [2.05, 4.69) is 27.7 Å². The van der Waals surface area contributed by atoms with Crippen LogP contribution in [0.3, 0.4) is 0 Å². The van der Waals surface area contributed by atoms with E-state index in [1.54, 1.807) is 0 Å². The molecular weight excluding hydrogens is 146 g/mol. The third kappa shape index (κ3) is 2.43. The van der Waals surface area contributed by atoms with Gasteiger partial charge in [-0.3, -0.25) is 0 Å². The van der Waals surface area contributed by atoms with Gasteiger partial charge in [0.05, 0.1) is 0 Å². The van der Waals surface area contributed by atoms with Gasteiger partial charge in [0, 0.05) is 0 Å². The lowest BCUT2D eigenvalue weighted by molar-refractivity contribution is 0.789. The number of hydrogen-bond donors (Lipinski definition) is 0. The minimum absolute atomic E-state index is 0.193. The van der Waals surface area contributed by atoms with Gasteiger partial charge in [-0.1, -0.05) is 33.6 Å². The molecule has 3 heteroatoms. The molecule has 0 heterocycles. The van der Waals surface area contributed by atoms with Crippen molar-refractivity contribution in [3.8, 4) is 0 Å². The molecule has 0 aromatic rings. The average molecular weight is 163 g/mol. The summed E-state index contributed by atoms with van der Waals surface area (Å²) in [7, 11) is 0.461. The molecule has 0 aliphatic rings. The van der Waals surface area contributed by atoms with Crippen LogP contribution in [0.4, 0.5) is 0 Å². The summed E-state index contributed by atoms with van der Waals surface area (Å²) in [5.41, 5.74) is 0. The first-order valence-corrected chi connectivity index (χ1v) is 6.42. The molecule has 1 unspecified atom stereocenters. The molecule has 0 radical (unpaired) electrons. The third-order valence-electron chi connectivity index (χ3n) is 1.73. The molecule has 0 spiro atoms. The van der Waals surface area contributed by atoms with Crippen LogP contribution in [0, 0.1) is 0 Å². The van der Waals surface area contributed by atoms with Crippen molar-refractivity contribution in [2.75, 3.05) is 6.16 Å². The Morgan fingerprint density at radius 3 is 2.11 bits per heavy atom. The fourth-order valence-corrected chi connectivity index (χ4v) is 1.42. The standard InChI is InChI=1S/C6H16BPS/c1-5-8(7,9)6(2,3)4/h5,7H2,1-4H3/i7D. The summed E-state index contributed by atoms with van der Waals surface area (Å²) in [6, 6.07) is 0. The molecule has 0 bridgehead atoms. The van der Waals surface area contributed by atoms with E-state index in [1.807, 2.05) is 0 Å². The molecule has 1 atom stereocenters. The SMILES string of the molecule is [2H]BP(=S)(CC)C(C)(C)C. The molecule has 0 aromatic heterocycles. The van der Waals surface area contributed by atoms with Crippen molar-refractivity contribution in [2.45, 2.75) is 32.9 Å². The minimum atomic E-state index is -1.36. The van der Waals surface area contributed by atoms with E-state index in [9.17, 15) is 0 Å². The van der Waals surface area contributed by atoms with E-state index in [-0.39, 0.29) is 5.16 Å². The van der Waals surface area contributed by atoms with Gasteiger partial charge in [-0.05, 0) is 12.7 Å². The van der Waals surface area contributed by atoms with Gasteiger partial charge in [-0.2, -0.15) is 0 Å². The Bertz CT molecular complexity index is 144. The maximum Gasteiger partial charge on any atom is 0.148 e. The average Bonchev–Trinajstić information content (AvgIpc) is 1.84. The maximum absolute atomic E-state index is 7.36. The summed E-state index contributed by atoms with van der Waals surface area (Å²) in [4.78, 5) is 0. The topological polar surface area (TPSA) is 0 Å². The van der Waals surface area contributed by atoms with E-state index < -0.39 is 5.92 Å². The fraction of sp³-hybridized carbons (Fsp3) is 1.00. The molecule has 54 valence electrons. The Morgan fingerprint density at radius 2 is 2.11 bits per heavy atom. The summed E-state index contributed by atoms with van der Waals surface area (Å²) in [6.07, 6.45) is 1.02. The Hall–Kier alpha value is 0.715. The molecule has 0 aromatic carbocycles. The number of hydrogen-bond acceptors (Lipinski definition) is 1. The first kappa shape index (κ1) is 7.82. The Morgan fingerprint density at radius 1 is 1.67 bits per heavy atom. The molecule has 0 rings (SSSR count). The van der Waals surface area contributed by atoms with Crippen LogP contribution in [0.1, 0.15) is 27.7 Å². The van der Waals surface area contributed by atoms with Crippen molar-refractivity contribution in [3.05, 3.63) is 0 Å². The molecule has 0 saturated heterocycles. The molecule has 0 saturated carbocycles. The van der Waals surface area contributed by atoms with Crippen LogP contribution >= 0.6 is 5.92 Å². The van der Waals surface area contributed by atoms with Crippen molar-refractivity contribution in [1.29, 1.82) is 1.34 Å². The van der Waals surface area contributed by atoms with Crippen LogP contribution in [0.5, 0.6) is 0 Å². The van der Waals surface area contributed by atoms with Crippen molar-refractivity contribution < 1.29 is 0 Å². The highest BCUT2D eigenvalue weighted by molar-refractivity contribution is 8.26. The van der Waals surface area contributed by atoms with Gasteiger partial charge in [-0.25, -0.2) is 0 Å². The lowest BCUT2D eigenvalue weighted by atomic mass is 10.3. The predicted octanol–water partition coefficient (Wildman–Crippen LogP) is 1.83. The summed E-state index contributed by atoms with van der Waals surface area (Å²) >= 11 is 5.47. The molecular formula is C6H16BPS. The van der Waals surface area contributed by atoms with Crippen molar-refractivity contribution in [3.63, 3.8) is 0 Å². The van der Waals surface area contributed by atoms with Gasteiger partial charge in [0.1, 0.15) is 7.53 Å². The first-order chi connectivity index (χ1) is 4.37. The fourth-order valence-electron chi connectivity index (χ4n) is 0.474. The zero-order valence-electron chi connectivity index (χ0n) is 7.77. The van der Waals surface area contributed by atoms with Crippen molar-refractivity contribution in [1.82, 2.24) is 0 Å². The Labute approximate surface area is 66.2 Å². The van der Waals surface area contributed by atoms with E-state index >= 15 is 0 Å². The molecule has 9 heavy (non-hydrogen) atoms. The van der Waals surface area contributed by atoms with Crippen LogP contribution in [0.25, 0.3) is 0 Å². The van der Waals surface area contributed by atoms with E-state index in [1.165, 1.54) is 0 Å². The van der Waals surface area contributed by atoms with Gasteiger partial charge >= 0.3 is 0 Å². The summed E-state index contributed by atoms with van der Waals surface area (Å²) < 4.78 is 7.36. The Kier molecular flexibility index (Phi) is 2.40. The van der Waals surface area contributed by atoms with Crippen LogP contribution in [0.2, 0.25) is 0 Å². The van der Waals surface area contributed by atoms with Crippen LogP contribution < -0.4 is 0 Å². The third-order valence-corrected chi connectivity index (χ3v) is 7.62. The molecule has 0 nitrogen and oxygen atoms in total. The molecule has 0 aliphatic carbocycles. The molecule has 0 aliphatic heterocycles. The van der Waals surface area contributed by atoms with E-state index in [4.69, 9.17) is 13.1 Å². The molecule has 0 amide bonds. The van der Waals surface area contributed by atoms with Gasteiger partial charge in [0.25, 0.3) is 0 Å². The van der Waals surface area contributed by atoms with E-state index in [0.29, 0.717) is 7.53 Å². The molecule has 0 fully saturated rings. The minimum Gasteiger partial charge on any atom is -0.107 e. The van der Waals surface area contributed by atoms with E-state index in [0.717, 1.165) is 6.16 Å². The van der Waals surface area contributed by atoms with Crippen LogP contribution in [0.15, 0.2) is 0 Å². The van der Waals surface area contributed by atoms with Gasteiger partial charge in [-0.15, -0.1) is 11.8 Å². The second-order valence-electron chi connectivity index (χ2n) is 3.38. The van der Waals surface area contributed by atoms with Crippen LogP contribution in [-0.4, -0.2) is 20.2 Å². The van der Waals surface area contributed by atoms with Gasteiger partial charge in [0.15, 0.2) is 0 Å². The van der Waals surface area contributed by atoms with Crippen molar-refractivity contribution >= 4 is 25.3 Å². The zero-order chi connectivity index (χ0) is 8.41. The maximum atomic E-state index is 7.36. The second kappa shape index (κ2) is 2.76. The number of rotatable bonds is 2. The highest BCUT2D eigenvalue weighted by Crippen LogP contribution is 2.52. The highest BCUT2D eigenvalue weighted by atomic mass is 32.4. The zero-order valence-corrected chi connectivity index (χ0v) is 8.48. The lowest BCUT2D eigenvalue weighted by Gasteiger charge is -2.30. The normalized spacial score (nSPS) is 20.2. The Balaban J connectivity index is 4.51. The van der Waals surface area contributed by atoms with Gasteiger partial charge < -0.3 is 0 Å². The molecule has 0 N–H and O–H groups in total. The lowest BCUT2D eigenvalue weighted by Crippen LogP contribution is -2.15. The summed E-state index contributed by atoms with van der Waals surface area (Å²) in [5, 5.41) is 0.193. The quantitative estimate of drug-likeness (QED) is 0.442. The second-order valence-corrected chi connectivity index (χ2v) is 9.23. The first-order valence-electron chi connectivity index (χ1n) is 3.95. The predicted molar refractivity (Wildman–Crippen MR) is 53.1 cm³/mol. The largest absolute Gasteiger partial charge is 0.148 e. The van der Waals surface area contributed by atoms with Crippen LogP contribution in [-0.2, 0) is 11.8 Å². The summed E-state index contributed by atoms with van der Waals surface area (Å²) in [5.74, 6) is -1.36.